The van der Waals surface area contributed by atoms with Crippen LogP contribution in [0.2, 0.25) is 0 Å². The SMILES string of the molecule is CCOC(=O)c1c(C)c2c(Oc3ccc4c(c3)c(Br)c(C)n4S(=O)(=O)NC3CC3)ccnn2c1Br. The number of aromatic nitrogens is 3. The van der Waals surface area contributed by atoms with Crippen molar-refractivity contribution < 1.29 is 22.7 Å². The minimum atomic E-state index is -3.72. The molecule has 3 aromatic heterocycles. The molecule has 0 bridgehead atoms. The molecule has 35 heavy (non-hydrogen) atoms. The molecular formula is C23H22Br2N4O5S. The number of nitrogens with zero attached hydrogens (tertiary/aromatic N) is 3. The fourth-order valence-electron chi connectivity index (χ4n) is 4.10. The Labute approximate surface area is 218 Å². The summed E-state index contributed by atoms with van der Waals surface area (Å²) >= 11 is 7.01. The van der Waals surface area contributed by atoms with E-state index in [1.54, 1.807) is 48.8 Å². The molecule has 0 aliphatic heterocycles. The Morgan fingerprint density at radius 2 is 1.97 bits per heavy atom. The molecule has 1 fully saturated rings. The zero-order valence-electron chi connectivity index (χ0n) is 19.1. The lowest BCUT2D eigenvalue weighted by Gasteiger charge is -2.11. The van der Waals surface area contributed by atoms with Gasteiger partial charge in [0.25, 0.3) is 0 Å². The molecular weight excluding hydrogens is 604 g/mol. The number of carbonyl (C=O) groups excluding carboxylic acids is 1. The maximum absolute atomic E-state index is 13.0. The van der Waals surface area contributed by atoms with Gasteiger partial charge in [0, 0.05) is 27.7 Å². The van der Waals surface area contributed by atoms with E-state index in [4.69, 9.17) is 9.47 Å². The highest BCUT2D eigenvalue weighted by molar-refractivity contribution is 9.11. The molecule has 0 atom stereocenters. The van der Waals surface area contributed by atoms with Crippen molar-refractivity contribution in [3.05, 3.63) is 56.4 Å². The number of nitrogens with one attached hydrogen (secondary N) is 1. The highest BCUT2D eigenvalue weighted by atomic mass is 79.9. The van der Waals surface area contributed by atoms with Gasteiger partial charge in [0.1, 0.15) is 15.9 Å². The van der Waals surface area contributed by atoms with Crippen LogP contribution in [0.3, 0.4) is 0 Å². The first-order chi connectivity index (χ1) is 16.6. The molecule has 1 saturated carbocycles. The summed E-state index contributed by atoms with van der Waals surface area (Å²) in [4.78, 5) is 12.5. The van der Waals surface area contributed by atoms with Crippen LogP contribution in [0.5, 0.6) is 11.5 Å². The first-order valence-electron chi connectivity index (χ1n) is 11.0. The van der Waals surface area contributed by atoms with Gasteiger partial charge in [0.2, 0.25) is 0 Å². The third-order valence-corrected chi connectivity index (χ3v) is 9.18. The van der Waals surface area contributed by atoms with Crippen molar-refractivity contribution in [1.82, 2.24) is 18.3 Å². The average Bonchev–Trinajstić information content (AvgIpc) is 3.52. The maximum atomic E-state index is 13.0. The molecule has 4 aromatic rings. The molecule has 1 aliphatic carbocycles. The van der Waals surface area contributed by atoms with Gasteiger partial charge in [-0.15, -0.1) is 0 Å². The van der Waals surface area contributed by atoms with E-state index in [9.17, 15) is 13.2 Å². The van der Waals surface area contributed by atoms with Gasteiger partial charge < -0.3 is 9.47 Å². The number of aryl methyl sites for hydroxylation is 1. The Balaban J connectivity index is 1.57. The van der Waals surface area contributed by atoms with E-state index in [-0.39, 0.29) is 12.6 Å². The van der Waals surface area contributed by atoms with Crippen LogP contribution in [0.4, 0.5) is 0 Å². The molecule has 3 heterocycles. The molecule has 9 nitrogen and oxygen atoms in total. The zero-order valence-corrected chi connectivity index (χ0v) is 23.1. The number of carbonyl (C=O) groups is 1. The molecule has 0 unspecified atom stereocenters. The molecule has 0 saturated heterocycles. The summed E-state index contributed by atoms with van der Waals surface area (Å²) in [5.74, 6) is 0.547. The van der Waals surface area contributed by atoms with Crippen LogP contribution in [0.25, 0.3) is 16.4 Å². The van der Waals surface area contributed by atoms with Crippen molar-refractivity contribution in [1.29, 1.82) is 0 Å². The van der Waals surface area contributed by atoms with Crippen LogP contribution < -0.4 is 9.46 Å². The van der Waals surface area contributed by atoms with E-state index in [1.807, 2.05) is 6.92 Å². The van der Waals surface area contributed by atoms with E-state index >= 15 is 0 Å². The van der Waals surface area contributed by atoms with Crippen LogP contribution in [-0.2, 0) is 14.9 Å². The number of hydrogen-bond acceptors (Lipinski definition) is 6. The predicted octanol–water partition coefficient (Wildman–Crippen LogP) is 5.24. The largest absolute Gasteiger partial charge is 0.462 e. The standard InChI is InChI=1S/C23H22Br2N4O5S/c1-4-33-23(30)19-12(2)21-18(9-10-26-28(21)22(19)25)34-15-7-8-17-16(11-15)20(24)13(3)29(17)35(31,32)27-14-5-6-14/h7-11,14,27H,4-6H2,1-3H3. The van der Waals surface area contributed by atoms with Gasteiger partial charge in [-0.05, 0) is 89.2 Å². The Bertz CT molecular complexity index is 1610. The van der Waals surface area contributed by atoms with E-state index in [0.717, 1.165) is 12.8 Å². The second kappa shape index (κ2) is 8.91. The van der Waals surface area contributed by atoms with E-state index in [0.29, 0.717) is 53.8 Å². The molecule has 0 spiro atoms. The fourth-order valence-corrected chi connectivity index (χ4v) is 7.07. The third-order valence-electron chi connectivity index (χ3n) is 5.86. The lowest BCUT2D eigenvalue weighted by Crippen LogP contribution is -2.32. The van der Waals surface area contributed by atoms with Crippen LogP contribution in [-0.4, -0.2) is 40.6 Å². The van der Waals surface area contributed by atoms with Crippen molar-refractivity contribution in [3.63, 3.8) is 0 Å². The number of benzene rings is 1. The molecule has 0 radical (unpaired) electrons. The van der Waals surface area contributed by atoms with Crippen molar-refractivity contribution in [2.24, 2.45) is 0 Å². The highest BCUT2D eigenvalue weighted by Gasteiger charge is 2.30. The van der Waals surface area contributed by atoms with Crippen molar-refractivity contribution in [3.8, 4) is 11.5 Å². The lowest BCUT2D eigenvalue weighted by atomic mass is 10.2. The molecule has 1 aliphatic rings. The summed E-state index contributed by atoms with van der Waals surface area (Å²) in [7, 11) is -3.72. The van der Waals surface area contributed by atoms with Gasteiger partial charge in [0.05, 0.1) is 23.9 Å². The van der Waals surface area contributed by atoms with E-state index < -0.39 is 16.2 Å². The maximum Gasteiger partial charge on any atom is 0.341 e. The predicted molar refractivity (Wildman–Crippen MR) is 139 cm³/mol. The van der Waals surface area contributed by atoms with Crippen LogP contribution in [0, 0.1) is 13.8 Å². The Morgan fingerprint density at radius 3 is 2.66 bits per heavy atom. The number of fused-ring (bicyclic) bond motifs is 2. The summed E-state index contributed by atoms with van der Waals surface area (Å²) in [6, 6.07) is 6.93. The highest BCUT2D eigenvalue weighted by Crippen LogP contribution is 2.38. The van der Waals surface area contributed by atoms with Gasteiger partial charge in [-0.1, -0.05) is 0 Å². The summed E-state index contributed by atoms with van der Waals surface area (Å²) in [6.07, 6.45) is 3.28. The topological polar surface area (TPSA) is 104 Å². The van der Waals surface area contributed by atoms with Crippen LogP contribution in [0.15, 0.2) is 39.5 Å². The third kappa shape index (κ3) is 4.15. The molecule has 0 amide bonds. The number of ether oxygens (including phenoxy) is 2. The van der Waals surface area contributed by atoms with E-state index in [1.165, 1.54) is 3.97 Å². The number of esters is 1. The average molecular weight is 626 g/mol. The van der Waals surface area contributed by atoms with Gasteiger partial charge >= 0.3 is 16.2 Å². The number of rotatable bonds is 7. The smallest absolute Gasteiger partial charge is 0.341 e. The Kier molecular flexibility index (Phi) is 6.19. The Morgan fingerprint density at radius 1 is 1.23 bits per heavy atom. The van der Waals surface area contributed by atoms with Crippen molar-refractivity contribution in [2.45, 2.75) is 39.7 Å². The molecule has 184 valence electrons. The second-order valence-electron chi connectivity index (χ2n) is 8.31. The summed E-state index contributed by atoms with van der Waals surface area (Å²) in [6.45, 7) is 5.57. The number of hydrogen-bond donors (Lipinski definition) is 1. The van der Waals surface area contributed by atoms with Gasteiger partial charge in [0.15, 0.2) is 5.75 Å². The van der Waals surface area contributed by atoms with Crippen LogP contribution in [0.1, 0.15) is 41.4 Å². The van der Waals surface area contributed by atoms with Gasteiger partial charge in [-0.2, -0.15) is 18.2 Å². The summed E-state index contributed by atoms with van der Waals surface area (Å²) < 4.78 is 44.2. The fraction of sp³-hybridized carbons (Fsp3) is 0.304. The molecule has 12 heteroatoms. The first kappa shape index (κ1) is 24.3. The van der Waals surface area contributed by atoms with Gasteiger partial charge in [-0.25, -0.2) is 13.3 Å². The second-order valence-corrected chi connectivity index (χ2v) is 11.4. The quantitative estimate of drug-likeness (QED) is 0.282. The molecule has 1 N–H and O–H groups in total. The normalized spacial score (nSPS) is 14.1. The number of halogens is 2. The monoisotopic (exact) mass is 624 g/mol. The molecule has 1 aromatic carbocycles. The Hall–Kier alpha value is -2.41. The summed E-state index contributed by atoms with van der Waals surface area (Å²) in [5.41, 5.74) is 2.78. The zero-order chi connectivity index (χ0) is 25.1. The van der Waals surface area contributed by atoms with Gasteiger partial charge in [-0.3, -0.25) is 0 Å². The summed E-state index contributed by atoms with van der Waals surface area (Å²) in [5, 5.41) is 5.04. The minimum Gasteiger partial charge on any atom is -0.462 e. The van der Waals surface area contributed by atoms with E-state index in [2.05, 4.69) is 41.7 Å². The van der Waals surface area contributed by atoms with Crippen LogP contribution >= 0.6 is 31.9 Å². The molecule has 5 rings (SSSR count). The first-order valence-corrected chi connectivity index (χ1v) is 14.0. The van der Waals surface area contributed by atoms with Crippen molar-refractivity contribution >= 4 is 64.5 Å². The minimum absolute atomic E-state index is 0.00330. The van der Waals surface area contributed by atoms with Crippen molar-refractivity contribution in [2.75, 3.05) is 6.61 Å². The lowest BCUT2D eigenvalue weighted by molar-refractivity contribution is 0.0524.